The lowest BCUT2D eigenvalue weighted by atomic mass is 10.1. The van der Waals surface area contributed by atoms with Gasteiger partial charge in [-0.25, -0.2) is 12.8 Å². The molecule has 2 aromatic carbocycles. The van der Waals surface area contributed by atoms with Crippen LogP contribution in [0.15, 0.2) is 53.4 Å². The van der Waals surface area contributed by atoms with Crippen molar-refractivity contribution in [2.24, 2.45) is 0 Å². The Hall–Kier alpha value is -1.96. The molecular weight excluding hydrogens is 379 g/mol. The molecule has 5 nitrogen and oxygen atoms in total. The number of hydrogen-bond donors (Lipinski definition) is 1. The number of halogens is 2. The molecule has 0 spiro atoms. The second-order valence-corrected chi connectivity index (χ2v) is 8.10. The van der Waals surface area contributed by atoms with Gasteiger partial charge in [0.05, 0.1) is 17.5 Å². The molecular formula is C18H20ClFN2O3S. The highest BCUT2D eigenvalue weighted by Crippen LogP contribution is 2.18. The van der Waals surface area contributed by atoms with Gasteiger partial charge in [0.15, 0.2) is 0 Å². The van der Waals surface area contributed by atoms with Gasteiger partial charge in [0.1, 0.15) is 5.82 Å². The van der Waals surface area contributed by atoms with E-state index in [0.717, 1.165) is 9.87 Å². The minimum Gasteiger partial charge on any atom is -0.348 e. The van der Waals surface area contributed by atoms with E-state index in [0.29, 0.717) is 5.02 Å². The van der Waals surface area contributed by atoms with Gasteiger partial charge in [0.2, 0.25) is 15.9 Å². The van der Waals surface area contributed by atoms with E-state index >= 15 is 0 Å². The summed E-state index contributed by atoms with van der Waals surface area (Å²) in [5.74, 6) is -0.806. The molecule has 0 aromatic heterocycles. The third-order valence-corrected chi connectivity index (χ3v) is 6.06. The quantitative estimate of drug-likeness (QED) is 0.777. The highest BCUT2D eigenvalue weighted by molar-refractivity contribution is 7.89. The van der Waals surface area contributed by atoms with Gasteiger partial charge in [0, 0.05) is 11.6 Å². The van der Waals surface area contributed by atoms with E-state index in [1.54, 1.807) is 26.0 Å². The van der Waals surface area contributed by atoms with Crippen molar-refractivity contribution in [3.05, 3.63) is 64.9 Å². The average Bonchev–Trinajstić information content (AvgIpc) is 2.60. The molecule has 1 unspecified atom stereocenters. The molecule has 0 aliphatic rings. The summed E-state index contributed by atoms with van der Waals surface area (Å²) < 4.78 is 39.4. The second kappa shape index (κ2) is 8.62. The summed E-state index contributed by atoms with van der Waals surface area (Å²) in [7, 11) is -3.80. The minimum atomic E-state index is -3.80. The van der Waals surface area contributed by atoms with Gasteiger partial charge in [-0.05, 0) is 48.9 Å². The zero-order valence-corrected chi connectivity index (χ0v) is 16.0. The maximum absolute atomic E-state index is 13.0. The van der Waals surface area contributed by atoms with Crippen LogP contribution in [-0.4, -0.2) is 31.7 Å². The molecule has 0 saturated carbocycles. The summed E-state index contributed by atoms with van der Waals surface area (Å²) in [5, 5.41) is 3.15. The van der Waals surface area contributed by atoms with Crippen molar-refractivity contribution >= 4 is 27.5 Å². The van der Waals surface area contributed by atoms with Crippen molar-refractivity contribution in [3.63, 3.8) is 0 Å². The molecule has 1 atom stereocenters. The van der Waals surface area contributed by atoms with E-state index in [1.165, 1.54) is 36.4 Å². The fraction of sp³-hybridized carbons (Fsp3) is 0.278. The monoisotopic (exact) mass is 398 g/mol. The molecule has 0 aliphatic carbocycles. The third kappa shape index (κ3) is 5.03. The van der Waals surface area contributed by atoms with Crippen LogP contribution in [0.25, 0.3) is 0 Å². The van der Waals surface area contributed by atoms with Gasteiger partial charge < -0.3 is 5.32 Å². The molecule has 0 bridgehead atoms. The fourth-order valence-corrected chi connectivity index (χ4v) is 3.94. The van der Waals surface area contributed by atoms with Gasteiger partial charge in [-0.3, -0.25) is 4.79 Å². The predicted octanol–water partition coefficient (Wildman–Crippen LogP) is 3.37. The van der Waals surface area contributed by atoms with E-state index < -0.39 is 15.9 Å². The number of carbonyl (C=O) groups is 1. The second-order valence-electron chi connectivity index (χ2n) is 5.73. The minimum absolute atomic E-state index is 0.0723. The zero-order valence-electron chi connectivity index (χ0n) is 14.4. The van der Waals surface area contributed by atoms with Crippen molar-refractivity contribution in [1.82, 2.24) is 9.62 Å². The number of sulfonamides is 1. The predicted molar refractivity (Wildman–Crippen MR) is 98.8 cm³/mol. The van der Waals surface area contributed by atoms with Gasteiger partial charge in [0.25, 0.3) is 0 Å². The molecule has 8 heteroatoms. The van der Waals surface area contributed by atoms with E-state index in [-0.39, 0.29) is 29.8 Å². The van der Waals surface area contributed by atoms with Crippen LogP contribution in [0.5, 0.6) is 0 Å². The molecule has 0 heterocycles. The lowest BCUT2D eigenvalue weighted by Gasteiger charge is -2.22. The Kier molecular flexibility index (Phi) is 6.75. The number of rotatable bonds is 7. The summed E-state index contributed by atoms with van der Waals surface area (Å²) in [6.45, 7) is 3.23. The number of benzene rings is 2. The van der Waals surface area contributed by atoms with Crippen LogP contribution in [0.1, 0.15) is 25.5 Å². The lowest BCUT2D eigenvalue weighted by molar-refractivity contribution is -0.121. The molecule has 0 fully saturated rings. The maximum Gasteiger partial charge on any atom is 0.243 e. The normalized spacial score (nSPS) is 12.8. The van der Waals surface area contributed by atoms with Crippen LogP contribution in [0, 0.1) is 5.82 Å². The smallest absolute Gasteiger partial charge is 0.243 e. The highest BCUT2D eigenvalue weighted by atomic mass is 35.5. The van der Waals surface area contributed by atoms with Crippen LogP contribution >= 0.6 is 11.6 Å². The summed E-state index contributed by atoms with van der Waals surface area (Å²) in [5.41, 5.74) is 0.725. The Balaban J connectivity index is 2.07. The standard InChI is InChI=1S/C18H20ClFN2O3S/c1-3-22(26(24,25)17-10-6-15(19)7-11-17)12-18(23)21-13(2)14-4-8-16(20)9-5-14/h4-11,13H,3,12H2,1-2H3,(H,21,23). The SMILES string of the molecule is CCN(CC(=O)NC(C)c1ccc(F)cc1)S(=O)(=O)c1ccc(Cl)cc1. The Bertz CT molecular complexity index is 855. The Labute approximate surface area is 157 Å². The van der Waals surface area contributed by atoms with Crippen LogP contribution in [-0.2, 0) is 14.8 Å². The topological polar surface area (TPSA) is 66.5 Å². The number of nitrogens with zero attached hydrogens (tertiary/aromatic N) is 1. The van der Waals surface area contributed by atoms with E-state index in [1.807, 2.05) is 0 Å². The van der Waals surface area contributed by atoms with Crippen LogP contribution in [0.2, 0.25) is 5.02 Å². The fourth-order valence-electron chi connectivity index (χ4n) is 2.40. The van der Waals surface area contributed by atoms with Crippen molar-refractivity contribution in [3.8, 4) is 0 Å². The number of carbonyl (C=O) groups excluding carboxylic acids is 1. The first kappa shape index (κ1) is 20.4. The molecule has 0 radical (unpaired) electrons. The van der Waals surface area contributed by atoms with E-state index in [9.17, 15) is 17.6 Å². The third-order valence-electron chi connectivity index (χ3n) is 3.87. The summed E-state index contributed by atoms with van der Waals surface area (Å²) >= 11 is 5.79. The van der Waals surface area contributed by atoms with Gasteiger partial charge in [-0.15, -0.1) is 0 Å². The molecule has 1 amide bonds. The van der Waals surface area contributed by atoms with Crippen molar-refractivity contribution < 1.29 is 17.6 Å². The van der Waals surface area contributed by atoms with Gasteiger partial charge in [-0.1, -0.05) is 30.7 Å². The number of hydrogen-bond acceptors (Lipinski definition) is 3. The highest BCUT2D eigenvalue weighted by Gasteiger charge is 2.25. The van der Waals surface area contributed by atoms with E-state index in [2.05, 4.69) is 5.32 Å². The van der Waals surface area contributed by atoms with Crippen LogP contribution < -0.4 is 5.32 Å². The van der Waals surface area contributed by atoms with Gasteiger partial charge >= 0.3 is 0 Å². The first-order valence-corrected chi connectivity index (χ1v) is 9.86. The van der Waals surface area contributed by atoms with Crippen LogP contribution in [0.4, 0.5) is 4.39 Å². The summed E-state index contributed by atoms with van der Waals surface area (Å²) in [4.78, 5) is 12.4. The Morgan fingerprint density at radius 3 is 2.27 bits per heavy atom. The summed E-state index contributed by atoms with van der Waals surface area (Å²) in [6, 6.07) is 11.2. The Morgan fingerprint density at radius 1 is 1.15 bits per heavy atom. The molecule has 1 N–H and O–H groups in total. The maximum atomic E-state index is 13.0. The molecule has 2 rings (SSSR count). The molecule has 26 heavy (non-hydrogen) atoms. The van der Waals surface area contributed by atoms with Crippen molar-refractivity contribution in [1.29, 1.82) is 0 Å². The molecule has 0 saturated heterocycles. The molecule has 140 valence electrons. The first-order chi connectivity index (χ1) is 12.2. The first-order valence-electron chi connectivity index (χ1n) is 8.04. The van der Waals surface area contributed by atoms with Crippen molar-refractivity contribution in [2.75, 3.05) is 13.1 Å². The molecule has 0 aliphatic heterocycles. The average molecular weight is 399 g/mol. The number of amides is 1. The Morgan fingerprint density at radius 2 is 1.73 bits per heavy atom. The summed E-state index contributed by atoms with van der Waals surface area (Å²) in [6.07, 6.45) is 0. The largest absolute Gasteiger partial charge is 0.348 e. The number of nitrogens with one attached hydrogen (secondary N) is 1. The molecule has 2 aromatic rings. The van der Waals surface area contributed by atoms with Crippen LogP contribution in [0.3, 0.4) is 0 Å². The van der Waals surface area contributed by atoms with Crippen molar-refractivity contribution in [2.45, 2.75) is 24.8 Å². The zero-order chi connectivity index (χ0) is 19.3. The van der Waals surface area contributed by atoms with E-state index in [4.69, 9.17) is 11.6 Å². The lowest BCUT2D eigenvalue weighted by Crippen LogP contribution is -2.41. The van der Waals surface area contributed by atoms with Gasteiger partial charge in [-0.2, -0.15) is 4.31 Å². The number of likely N-dealkylation sites (N-methyl/N-ethyl adjacent to an activating group) is 1.